The van der Waals surface area contributed by atoms with Crippen molar-refractivity contribution < 1.29 is 0 Å². The minimum Gasteiger partial charge on any atom is -0.378 e. The molecule has 3 heteroatoms. The predicted octanol–water partition coefficient (Wildman–Crippen LogP) is 3.30. The van der Waals surface area contributed by atoms with Gasteiger partial charge >= 0.3 is 0 Å². The van der Waals surface area contributed by atoms with Crippen LogP contribution in [0.1, 0.15) is 25.3 Å². The zero-order chi connectivity index (χ0) is 11.8. The maximum Gasteiger partial charge on any atom is 0.0500 e. The van der Waals surface area contributed by atoms with Crippen LogP contribution in [0.5, 0.6) is 0 Å². The number of anilines is 1. The lowest BCUT2D eigenvalue weighted by Crippen LogP contribution is -2.54. The maximum atomic E-state index is 5.88. The van der Waals surface area contributed by atoms with Crippen LogP contribution < -0.4 is 11.1 Å². The van der Waals surface area contributed by atoms with Crippen LogP contribution in [-0.2, 0) is 0 Å². The molecule has 0 amide bonds. The van der Waals surface area contributed by atoms with E-state index in [1.54, 1.807) is 0 Å². The highest BCUT2D eigenvalue weighted by atomic mass is 79.9. The first-order chi connectivity index (χ1) is 7.53. The third-order valence-electron chi connectivity index (χ3n) is 3.32. The monoisotopic (exact) mass is 282 g/mol. The number of hydrogen-bond donors (Lipinski definition) is 2. The molecule has 3 N–H and O–H groups in total. The normalized spacial score (nSPS) is 28.6. The van der Waals surface area contributed by atoms with Crippen LogP contribution in [0, 0.1) is 12.8 Å². The fourth-order valence-corrected chi connectivity index (χ4v) is 3.32. The standard InChI is InChI=1S/C13H19BrN2/c1-9-3-11(14)5-12(4-9)16-13(8-15)6-10(2)7-13/h3-5,10,16H,6-8,15H2,1-2H3. The van der Waals surface area contributed by atoms with E-state index >= 15 is 0 Å². The molecule has 1 aromatic rings. The molecule has 0 aliphatic heterocycles. The van der Waals surface area contributed by atoms with Gasteiger partial charge in [-0.05, 0) is 49.4 Å². The van der Waals surface area contributed by atoms with E-state index in [9.17, 15) is 0 Å². The molecular weight excluding hydrogens is 264 g/mol. The highest BCUT2D eigenvalue weighted by Crippen LogP contribution is 2.39. The molecule has 1 fully saturated rings. The SMILES string of the molecule is Cc1cc(Br)cc(NC2(CN)CC(C)C2)c1. The zero-order valence-corrected chi connectivity index (χ0v) is 11.5. The highest BCUT2D eigenvalue weighted by molar-refractivity contribution is 9.10. The van der Waals surface area contributed by atoms with Crippen LogP contribution in [0.25, 0.3) is 0 Å². The summed E-state index contributed by atoms with van der Waals surface area (Å²) in [6, 6.07) is 6.41. The first-order valence-electron chi connectivity index (χ1n) is 5.78. The molecular formula is C13H19BrN2. The largest absolute Gasteiger partial charge is 0.378 e. The molecule has 0 aromatic heterocycles. The van der Waals surface area contributed by atoms with Crippen molar-refractivity contribution in [1.29, 1.82) is 0 Å². The molecule has 0 spiro atoms. The van der Waals surface area contributed by atoms with Crippen LogP contribution in [0.2, 0.25) is 0 Å². The number of benzene rings is 1. The van der Waals surface area contributed by atoms with Gasteiger partial charge in [0.25, 0.3) is 0 Å². The molecule has 0 atom stereocenters. The maximum absolute atomic E-state index is 5.88. The van der Waals surface area contributed by atoms with E-state index in [-0.39, 0.29) is 5.54 Å². The van der Waals surface area contributed by atoms with E-state index in [4.69, 9.17) is 5.73 Å². The van der Waals surface area contributed by atoms with Gasteiger partial charge in [-0.1, -0.05) is 22.9 Å². The van der Waals surface area contributed by atoms with Gasteiger partial charge in [-0.25, -0.2) is 0 Å². The molecule has 1 aliphatic rings. The lowest BCUT2D eigenvalue weighted by Gasteiger charge is -2.47. The molecule has 0 unspecified atom stereocenters. The molecule has 0 bridgehead atoms. The lowest BCUT2D eigenvalue weighted by atomic mass is 9.69. The Morgan fingerprint density at radius 3 is 2.62 bits per heavy atom. The van der Waals surface area contributed by atoms with E-state index < -0.39 is 0 Å². The summed E-state index contributed by atoms with van der Waals surface area (Å²) in [6.07, 6.45) is 2.35. The summed E-state index contributed by atoms with van der Waals surface area (Å²) in [5.41, 5.74) is 8.44. The Morgan fingerprint density at radius 1 is 1.44 bits per heavy atom. The van der Waals surface area contributed by atoms with Gasteiger partial charge in [-0.2, -0.15) is 0 Å². The van der Waals surface area contributed by atoms with Crippen molar-refractivity contribution >= 4 is 21.6 Å². The van der Waals surface area contributed by atoms with Gasteiger partial charge in [0.2, 0.25) is 0 Å². The minimum absolute atomic E-state index is 0.132. The number of aryl methyl sites for hydroxylation is 1. The number of halogens is 1. The molecule has 0 saturated heterocycles. The first kappa shape index (κ1) is 11.9. The summed E-state index contributed by atoms with van der Waals surface area (Å²) in [6.45, 7) is 5.10. The number of nitrogens with one attached hydrogen (secondary N) is 1. The van der Waals surface area contributed by atoms with Gasteiger partial charge in [0.15, 0.2) is 0 Å². The van der Waals surface area contributed by atoms with Crippen LogP contribution in [-0.4, -0.2) is 12.1 Å². The molecule has 1 aromatic carbocycles. The van der Waals surface area contributed by atoms with Gasteiger partial charge in [0.05, 0.1) is 5.54 Å². The summed E-state index contributed by atoms with van der Waals surface area (Å²) >= 11 is 3.52. The molecule has 2 rings (SSSR count). The highest BCUT2D eigenvalue weighted by Gasteiger charge is 2.40. The summed E-state index contributed by atoms with van der Waals surface area (Å²) in [4.78, 5) is 0. The van der Waals surface area contributed by atoms with E-state index in [0.717, 1.165) is 10.4 Å². The van der Waals surface area contributed by atoms with Gasteiger partial charge in [0.1, 0.15) is 0 Å². The second kappa shape index (κ2) is 4.38. The van der Waals surface area contributed by atoms with Crippen LogP contribution in [0.15, 0.2) is 22.7 Å². The zero-order valence-electron chi connectivity index (χ0n) is 9.89. The first-order valence-corrected chi connectivity index (χ1v) is 6.58. The smallest absolute Gasteiger partial charge is 0.0500 e. The Bertz CT molecular complexity index is 363. The molecule has 1 saturated carbocycles. The number of hydrogen-bond acceptors (Lipinski definition) is 2. The average molecular weight is 283 g/mol. The molecule has 16 heavy (non-hydrogen) atoms. The van der Waals surface area contributed by atoms with Crippen molar-refractivity contribution in [2.75, 3.05) is 11.9 Å². The third kappa shape index (κ3) is 2.41. The van der Waals surface area contributed by atoms with Crippen molar-refractivity contribution in [3.05, 3.63) is 28.2 Å². The Hall–Kier alpha value is -0.540. The van der Waals surface area contributed by atoms with Crippen LogP contribution in [0.4, 0.5) is 5.69 Å². The summed E-state index contributed by atoms with van der Waals surface area (Å²) < 4.78 is 1.12. The van der Waals surface area contributed by atoms with Crippen molar-refractivity contribution in [2.45, 2.75) is 32.2 Å². The molecule has 2 nitrogen and oxygen atoms in total. The molecule has 0 heterocycles. The van der Waals surface area contributed by atoms with Gasteiger partial charge in [-0.3, -0.25) is 0 Å². The van der Waals surface area contributed by atoms with Crippen molar-refractivity contribution in [3.63, 3.8) is 0 Å². The fourth-order valence-electron chi connectivity index (χ4n) is 2.71. The van der Waals surface area contributed by atoms with Gasteiger partial charge < -0.3 is 11.1 Å². The van der Waals surface area contributed by atoms with Gasteiger partial charge in [0, 0.05) is 16.7 Å². The van der Waals surface area contributed by atoms with Crippen molar-refractivity contribution in [1.82, 2.24) is 0 Å². The van der Waals surface area contributed by atoms with Crippen molar-refractivity contribution in [2.24, 2.45) is 11.7 Å². The van der Waals surface area contributed by atoms with E-state index in [1.807, 2.05) is 0 Å². The topological polar surface area (TPSA) is 38.0 Å². The molecule has 0 radical (unpaired) electrons. The number of rotatable bonds is 3. The Labute approximate surface area is 106 Å². The van der Waals surface area contributed by atoms with Crippen molar-refractivity contribution in [3.8, 4) is 0 Å². The Kier molecular flexibility index (Phi) is 3.27. The fraction of sp³-hybridized carbons (Fsp3) is 0.538. The quantitative estimate of drug-likeness (QED) is 0.893. The summed E-state index contributed by atoms with van der Waals surface area (Å²) in [5, 5.41) is 3.60. The predicted molar refractivity (Wildman–Crippen MR) is 72.7 cm³/mol. The third-order valence-corrected chi connectivity index (χ3v) is 3.78. The lowest BCUT2D eigenvalue weighted by molar-refractivity contribution is 0.194. The van der Waals surface area contributed by atoms with Crippen LogP contribution in [0.3, 0.4) is 0 Å². The number of nitrogens with two attached hydrogens (primary N) is 1. The average Bonchev–Trinajstić information content (AvgIpc) is 2.13. The van der Waals surface area contributed by atoms with Crippen LogP contribution >= 0.6 is 15.9 Å². The minimum atomic E-state index is 0.132. The summed E-state index contributed by atoms with van der Waals surface area (Å²) in [7, 11) is 0. The molecule has 1 aliphatic carbocycles. The summed E-state index contributed by atoms with van der Waals surface area (Å²) in [5.74, 6) is 0.796. The Morgan fingerprint density at radius 2 is 2.12 bits per heavy atom. The van der Waals surface area contributed by atoms with E-state index in [0.29, 0.717) is 6.54 Å². The second-order valence-corrected chi connectivity index (χ2v) is 6.06. The van der Waals surface area contributed by atoms with E-state index in [2.05, 4.69) is 53.3 Å². The second-order valence-electron chi connectivity index (χ2n) is 5.14. The molecule has 88 valence electrons. The van der Waals surface area contributed by atoms with Gasteiger partial charge in [-0.15, -0.1) is 0 Å². The Balaban J connectivity index is 2.14. The van der Waals surface area contributed by atoms with E-state index in [1.165, 1.54) is 24.1 Å².